The van der Waals surface area contributed by atoms with Crippen molar-refractivity contribution < 1.29 is 14.3 Å². The molecule has 1 aromatic heterocycles. The summed E-state index contributed by atoms with van der Waals surface area (Å²) in [5.74, 6) is 2.16. The van der Waals surface area contributed by atoms with E-state index >= 15 is 0 Å². The molecule has 0 saturated carbocycles. The fourth-order valence-electron chi connectivity index (χ4n) is 3.84. The maximum atomic E-state index is 12.2. The molecule has 3 heterocycles. The van der Waals surface area contributed by atoms with Gasteiger partial charge >= 0.3 is 0 Å². The van der Waals surface area contributed by atoms with Crippen LogP contribution in [0.25, 0.3) is 0 Å². The zero-order chi connectivity index (χ0) is 19.4. The molecule has 1 fully saturated rings. The van der Waals surface area contributed by atoms with Crippen LogP contribution >= 0.6 is 0 Å². The van der Waals surface area contributed by atoms with Gasteiger partial charge in [-0.15, -0.1) is 0 Å². The molecule has 148 valence electrons. The lowest BCUT2D eigenvalue weighted by Crippen LogP contribution is -2.39. The van der Waals surface area contributed by atoms with Gasteiger partial charge in [-0.25, -0.2) is 9.97 Å². The first-order valence-corrected chi connectivity index (χ1v) is 9.63. The largest absolute Gasteiger partial charge is 0.384 e. The number of carbonyl (C=O) groups excluding carboxylic acids is 2. The normalized spacial score (nSPS) is 17.6. The van der Waals surface area contributed by atoms with E-state index in [1.807, 2.05) is 16.8 Å². The number of hydrogen-bond donors (Lipinski definition) is 1. The maximum absolute atomic E-state index is 12.2. The molecule has 2 amide bonds. The third-order valence-corrected chi connectivity index (χ3v) is 5.50. The topological polar surface area (TPSA) is 87.7 Å². The van der Waals surface area contributed by atoms with E-state index in [-0.39, 0.29) is 17.7 Å². The van der Waals surface area contributed by atoms with Crippen LogP contribution in [0.1, 0.15) is 49.2 Å². The first-order chi connectivity index (χ1) is 13.0. The number of anilines is 1. The van der Waals surface area contributed by atoms with E-state index in [1.54, 1.807) is 14.0 Å². The molecule has 0 unspecified atom stereocenters. The maximum Gasteiger partial charge on any atom is 0.224 e. The first-order valence-electron chi connectivity index (χ1n) is 9.63. The van der Waals surface area contributed by atoms with Gasteiger partial charge in [0.2, 0.25) is 11.8 Å². The molecule has 0 spiro atoms. The molecule has 0 atom stereocenters. The van der Waals surface area contributed by atoms with Crippen molar-refractivity contribution in [1.29, 1.82) is 0 Å². The molecule has 0 bridgehead atoms. The average molecular weight is 375 g/mol. The molecule has 1 N–H and O–H groups in total. The fraction of sp³-hybridized carbons (Fsp3) is 0.684. The monoisotopic (exact) mass is 375 g/mol. The van der Waals surface area contributed by atoms with E-state index in [4.69, 9.17) is 14.7 Å². The Labute approximate surface area is 160 Å². The van der Waals surface area contributed by atoms with Crippen molar-refractivity contribution in [2.24, 2.45) is 0 Å². The summed E-state index contributed by atoms with van der Waals surface area (Å²) in [7, 11) is 3.49. The number of rotatable bonds is 5. The Morgan fingerprint density at radius 1 is 1.19 bits per heavy atom. The fourth-order valence-corrected chi connectivity index (χ4v) is 3.84. The Morgan fingerprint density at radius 2 is 1.93 bits per heavy atom. The van der Waals surface area contributed by atoms with Crippen molar-refractivity contribution in [3.63, 3.8) is 0 Å². The van der Waals surface area contributed by atoms with Crippen LogP contribution in [-0.2, 0) is 27.3 Å². The first kappa shape index (κ1) is 19.5. The van der Waals surface area contributed by atoms with E-state index in [1.165, 1.54) is 0 Å². The minimum absolute atomic E-state index is 0.0784. The van der Waals surface area contributed by atoms with Gasteiger partial charge in [0.1, 0.15) is 11.6 Å². The molecule has 1 saturated heterocycles. The predicted molar refractivity (Wildman–Crippen MR) is 101 cm³/mol. The Hall–Kier alpha value is -2.22. The lowest BCUT2D eigenvalue weighted by Gasteiger charge is -2.33. The highest BCUT2D eigenvalue weighted by molar-refractivity contribution is 5.76. The number of likely N-dealkylation sites (tertiary alicyclic amines) is 1. The molecular formula is C19H29N5O3. The number of piperidine rings is 1. The number of aromatic nitrogens is 2. The van der Waals surface area contributed by atoms with Gasteiger partial charge in [0.25, 0.3) is 0 Å². The molecule has 0 aliphatic carbocycles. The van der Waals surface area contributed by atoms with E-state index in [9.17, 15) is 9.59 Å². The molecule has 8 nitrogen and oxygen atoms in total. The van der Waals surface area contributed by atoms with Gasteiger partial charge < -0.3 is 19.9 Å². The van der Waals surface area contributed by atoms with Crippen LogP contribution in [0.4, 0.5) is 5.82 Å². The van der Waals surface area contributed by atoms with Crippen LogP contribution in [-0.4, -0.2) is 72.0 Å². The summed E-state index contributed by atoms with van der Waals surface area (Å²) in [6.07, 6.45) is 2.92. The summed E-state index contributed by atoms with van der Waals surface area (Å²) >= 11 is 0. The molecule has 8 heteroatoms. The number of hydrogen-bond acceptors (Lipinski definition) is 6. The summed E-state index contributed by atoms with van der Waals surface area (Å²) in [6, 6.07) is 0. The van der Waals surface area contributed by atoms with Gasteiger partial charge in [-0.05, 0) is 19.3 Å². The van der Waals surface area contributed by atoms with Gasteiger partial charge in [0, 0.05) is 52.2 Å². The zero-order valence-electron chi connectivity index (χ0n) is 16.5. The number of nitrogens with zero attached hydrogens (tertiary/aromatic N) is 4. The summed E-state index contributed by atoms with van der Waals surface area (Å²) in [5.41, 5.74) is 2.07. The van der Waals surface area contributed by atoms with Gasteiger partial charge in [-0.1, -0.05) is 0 Å². The van der Waals surface area contributed by atoms with Gasteiger partial charge in [-0.2, -0.15) is 0 Å². The van der Waals surface area contributed by atoms with Crippen LogP contribution in [0.2, 0.25) is 0 Å². The summed E-state index contributed by atoms with van der Waals surface area (Å²) in [6.45, 7) is 4.77. The number of methoxy groups -OCH3 is 1. The third kappa shape index (κ3) is 4.37. The Morgan fingerprint density at radius 3 is 2.56 bits per heavy atom. The molecule has 0 radical (unpaired) electrons. The number of fused-ring (bicyclic) bond motifs is 1. The summed E-state index contributed by atoms with van der Waals surface area (Å²) in [4.78, 5) is 37.2. The Bertz CT molecular complexity index is 701. The SMILES string of the molecule is CNc1nc(C2CCN(C(=O)CCOC)CC2)nc2c1CCN(C(C)=O)C2. The predicted octanol–water partition coefficient (Wildman–Crippen LogP) is 1.17. The van der Waals surface area contributed by atoms with Gasteiger partial charge in [0.15, 0.2) is 0 Å². The number of ether oxygens (including phenoxy) is 1. The summed E-state index contributed by atoms with van der Waals surface area (Å²) in [5, 5.41) is 3.20. The van der Waals surface area contributed by atoms with Crippen molar-refractivity contribution in [3.05, 3.63) is 17.1 Å². The highest BCUT2D eigenvalue weighted by Crippen LogP contribution is 2.30. The van der Waals surface area contributed by atoms with Crippen molar-refractivity contribution in [1.82, 2.24) is 19.8 Å². The lowest BCUT2D eigenvalue weighted by atomic mass is 9.95. The van der Waals surface area contributed by atoms with Crippen molar-refractivity contribution >= 4 is 17.6 Å². The van der Waals surface area contributed by atoms with Gasteiger partial charge in [0.05, 0.1) is 25.3 Å². The molecule has 0 aromatic carbocycles. The average Bonchev–Trinajstić information content (AvgIpc) is 2.70. The van der Waals surface area contributed by atoms with Crippen LogP contribution in [0.15, 0.2) is 0 Å². The van der Waals surface area contributed by atoms with E-state index in [0.717, 1.165) is 55.3 Å². The number of nitrogens with one attached hydrogen (secondary N) is 1. The third-order valence-electron chi connectivity index (χ3n) is 5.50. The van der Waals surface area contributed by atoms with Gasteiger partial charge in [-0.3, -0.25) is 9.59 Å². The second kappa shape index (κ2) is 8.65. The second-order valence-corrected chi connectivity index (χ2v) is 7.19. The highest BCUT2D eigenvalue weighted by Gasteiger charge is 2.28. The molecule has 1 aromatic rings. The van der Waals surface area contributed by atoms with Crippen LogP contribution in [0.3, 0.4) is 0 Å². The quantitative estimate of drug-likeness (QED) is 0.831. The van der Waals surface area contributed by atoms with Crippen LogP contribution < -0.4 is 5.32 Å². The van der Waals surface area contributed by atoms with E-state index in [0.29, 0.717) is 26.1 Å². The van der Waals surface area contributed by atoms with E-state index < -0.39 is 0 Å². The summed E-state index contributed by atoms with van der Waals surface area (Å²) < 4.78 is 5.00. The highest BCUT2D eigenvalue weighted by atomic mass is 16.5. The number of carbonyl (C=O) groups is 2. The smallest absolute Gasteiger partial charge is 0.224 e. The number of amides is 2. The van der Waals surface area contributed by atoms with Crippen molar-refractivity contribution in [2.45, 2.75) is 45.1 Å². The van der Waals surface area contributed by atoms with Crippen molar-refractivity contribution in [3.8, 4) is 0 Å². The molecule has 3 rings (SSSR count). The molecule has 2 aliphatic heterocycles. The van der Waals surface area contributed by atoms with Crippen LogP contribution in [0, 0.1) is 0 Å². The standard InChI is InChI=1S/C19H29N5O3/c1-13(25)24-10-6-15-16(12-24)21-18(22-19(15)20-2)14-4-8-23(9-5-14)17(26)7-11-27-3/h14H,4-12H2,1-3H3,(H,20,21,22). The molecular weight excluding hydrogens is 346 g/mol. The second-order valence-electron chi connectivity index (χ2n) is 7.19. The Kier molecular flexibility index (Phi) is 6.26. The molecule has 2 aliphatic rings. The molecule has 27 heavy (non-hydrogen) atoms. The van der Waals surface area contributed by atoms with Crippen LogP contribution in [0.5, 0.6) is 0 Å². The minimum atomic E-state index is 0.0784. The zero-order valence-corrected chi connectivity index (χ0v) is 16.5. The minimum Gasteiger partial charge on any atom is -0.384 e. The van der Waals surface area contributed by atoms with E-state index in [2.05, 4.69) is 5.32 Å². The van der Waals surface area contributed by atoms with Crippen molar-refractivity contribution in [2.75, 3.05) is 45.7 Å². The Balaban J connectivity index is 1.72. The lowest BCUT2D eigenvalue weighted by molar-refractivity contribution is -0.133.